The number of rotatable bonds is 6. The van der Waals surface area contributed by atoms with Crippen molar-refractivity contribution in [3.8, 4) is 0 Å². The van der Waals surface area contributed by atoms with Crippen molar-refractivity contribution in [2.24, 2.45) is 0 Å². The van der Waals surface area contributed by atoms with E-state index in [0.717, 1.165) is 0 Å². The minimum Gasteiger partial charge on any atom is -0.748 e. The Bertz CT molecular complexity index is 375. The molecule has 8 nitrogen and oxygen atoms in total. The molecule has 0 aromatic rings. The van der Waals surface area contributed by atoms with Crippen LogP contribution in [0.15, 0.2) is 0 Å². The van der Waals surface area contributed by atoms with Crippen LogP contribution in [0.5, 0.6) is 0 Å². The van der Waals surface area contributed by atoms with Crippen LogP contribution >= 0.6 is 23.2 Å². The molecule has 0 spiro atoms. The van der Waals surface area contributed by atoms with Crippen LogP contribution in [0.2, 0.25) is 0 Å². The quantitative estimate of drug-likeness (QED) is 0.256. The number of aliphatic hydroxyl groups excluding tert-OH is 2. The summed E-state index contributed by atoms with van der Waals surface area (Å²) in [5.74, 6) is -2.09. The first kappa shape index (κ1) is 30.2. The molecule has 0 rings (SSSR count). The zero-order valence-corrected chi connectivity index (χ0v) is 18.0. The molecule has 0 amide bonds. The van der Waals surface area contributed by atoms with Crippen LogP contribution in [-0.4, -0.2) is 71.6 Å². The summed E-state index contributed by atoms with van der Waals surface area (Å²) in [5.41, 5.74) is 0. The Hall–Kier alpha value is 2.32. The van der Waals surface area contributed by atoms with Crippen LogP contribution in [0.3, 0.4) is 0 Å². The minimum absolute atomic E-state index is 0. The molecule has 0 heterocycles. The number of hydrogen-bond donors (Lipinski definition) is 2. The van der Waals surface area contributed by atoms with E-state index in [0.29, 0.717) is 0 Å². The van der Waals surface area contributed by atoms with E-state index in [4.69, 9.17) is 33.4 Å². The molecule has 20 heavy (non-hydrogen) atoms. The fraction of sp³-hybridized carbons (Fsp3) is 1.00. The fourth-order valence-electron chi connectivity index (χ4n) is 0.560. The molecule has 0 fully saturated rings. The van der Waals surface area contributed by atoms with Gasteiger partial charge in [-0.25, -0.2) is 16.8 Å². The second-order valence-electron chi connectivity index (χ2n) is 3.06. The van der Waals surface area contributed by atoms with Gasteiger partial charge in [0, 0.05) is 11.8 Å². The SMILES string of the molecule is O=S(=O)([O-])CC(O)CCl.O=S(=O)([O-])CC(O)CCl.[Na+].[Na+]. The molecule has 0 bridgehead atoms. The summed E-state index contributed by atoms with van der Waals surface area (Å²) in [5, 5.41) is 17.0. The van der Waals surface area contributed by atoms with Gasteiger partial charge in [0.2, 0.25) is 0 Å². The Labute approximate surface area is 172 Å². The van der Waals surface area contributed by atoms with Gasteiger partial charge in [-0.05, 0) is 0 Å². The Kier molecular flexibility index (Phi) is 22.5. The van der Waals surface area contributed by atoms with Crippen molar-refractivity contribution in [2.45, 2.75) is 12.2 Å². The average molecular weight is 393 g/mol. The number of aliphatic hydroxyl groups is 2. The number of alkyl halides is 2. The van der Waals surface area contributed by atoms with E-state index in [1.165, 1.54) is 0 Å². The predicted molar refractivity (Wildman–Crippen MR) is 62.6 cm³/mol. The molecule has 2 N–H and O–H groups in total. The fourth-order valence-corrected chi connectivity index (χ4v) is 2.22. The number of halogens is 2. The second kappa shape index (κ2) is 14.9. The summed E-state index contributed by atoms with van der Waals surface area (Å²) in [6.07, 6.45) is -2.48. The van der Waals surface area contributed by atoms with E-state index in [9.17, 15) is 25.9 Å². The van der Waals surface area contributed by atoms with Gasteiger partial charge in [-0.2, -0.15) is 0 Å². The molecule has 0 aliphatic heterocycles. The minimum atomic E-state index is -4.32. The Balaban J connectivity index is -0.000000116. The molecule has 0 aromatic carbocycles. The van der Waals surface area contributed by atoms with Gasteiger partial charge < -0.3 is 19.3 Å². The van der Waals surface area contributed by atoms with Gasteiger partial charge in [-0.3, -0.25) is 0 Å². The monoisotopic (exact) mass is 392 g/mol. The topological polar surface area (TPSA) is 155 Å². The average Bonchev–Trinajstić information content (AvgIpc) is 2.13. The van der Waals surface area contributed by atoms with E-state index >= 15 is 0 Å². The standard InChI is InChI=1S/2C3H7ClO4S.2Na/c2*4-1-3(5)2-9(6,7)8;;/h2*3,5H,1-2H2,(H,6,7,8);;/q;;2*+1/p-2. The first-order valence-electron chi connectivity index (χ1n) is 4.26. The van der Waals surface area contributed by atoms with Gasteiger partial charge >= 0.3 is 59.1 Å². The molecule has 112 valence electrons. The molecule has 0 aromatic heterocycles. The van der Waals surface area contributed by atoms with E-state index in [-0.39, 0.29) is 70.9 Å². The summed E-state index contributed by atoms with van der Waals surface area (Å²) < 4.78 is 59.0. The van der Waals surface area contributed by atoms with E-state index in [1.807, 2.05) is 0 Å². The van der Waals surface area contributed by atoms with E-state index < -0.39 is 43.9 Å². The number of hydrogen-bond acceptors (Lipinski definition) is 8. The molecular formula is C6H12Cl2Na2O8S2. The van der Waals surface area contributed by atoms with Gasteiger partial charge in [0.15, 0.2) is 0 Å². The summed E-state index contributed by atoms with van der Waals surface area (Å²) in [6, 6.07) is 0. The third-order valence-corrected chi connectivity index (χ3v) is 3.45. The van der Waals surface area contributed by atoms with Crippen LogP contribution in [0, 0.1) is 0 Å². The second-order valence-corrected chi connectivity index (χ2v) is 6.58. The molecule has 2 unspecified atom stereocenters. The van der Waals surface area contributed by atoms with Crippen LogP contribution in [0.4, 0.5) is 0 Å². The molecular weight excluding hydrogens is 381 g/mol. The maximum Gasteiger partial charge on any atom is 1.00 e. The van der Waals surface area contributed by atoms with Gasteiger partial charge in [0.25, 0.3) is 0 Å². The molecule has 2 atom stereocenters. The summed E-state index contributed by atoms with van der Waals surface area (Å²) in [6.45, 7) is 0. The molecule has 14 heteroatoms. The van der Waals surface area contributed by atoms with Crippen molar-refractivity contribution in [1.29, 1.82) is 0 Å². The molecule has 0 aliphatic carbocycles. The van der Waals surface area contributed by atoms with Gasteiger partial charge in [0.05, 0.1) is 43.9 Å². The third-order valence-electron chi connectivity index (χ3n) is 1.15. The zero-order chi connectivity index (χ0) is 15.0. The smallest absolute Gasteiger partial charge is 0.748 e. The Morgan fingerprint density at radius 1 is 0.800 bits per heavy atom. The van der Waals surface area contributed by atoms with Crippen molar-refractivity contribution in [1.82, 2.24) is 0 Å². The van der Waals surface area contributed by atoms with Crippen molar-refractivity contribution < 1.29 is 95.3 Å². The van der Waals surface area contributed by atoms with Crippen molar-refractivity contribution in [3.63, 3.8) is 0 Å². The van der Waals surface area contributed by atoms with Crippen LogP contribution in [-0.2, 0) is 20.2 Å². The summed E-state index contributed by atoms with van der Waals surface area (Å²) in [4.78, 5) is 0. The summed E-state index contributed by atoms with van der Waals surface area (Å²) >= 11 is 10.0. The van der Waals surface area contributed by atoms with Crippen LogP contribution in [0.25, 0.3) is 0 Å². The largest absolute Gasteiger partial charge is 1.00 e. The molecule has 0 saturated carbocycles. The van der Waals surface area contributed by atoms with E-state index in [2.05, 4.69) is 0 Å². The van der Waals surface area contributed by atoms with Crippen LogP contribution in [0.1, 0.15) is 0 Å². The maximum atomic E-state index is 9.83. The van der Waals surface area contributed by atoms with Crippen molar-refractivity contribution >= 4 is 43.4 Å². The zero-order valence-electron chi connectivity index (χ0n) is 10.9. The normalized spacial score (nSPS) is 13.9. The third kappa shape index (κ3) is 28.5. The molecule has 0 aliphatic rings. The van der Waals surface area contributed by atoms with Gasteiger partial charge in [-0.15, -0.1) is 23.2 Å². The van der Waals surface area contributed by atoms with Gasteiger partial charge in [0.1, 0.15) is 0 Å². The first-order chi connectivity index (χ1) is 7.91. The van der Waals surface area contributed by atoms with Crippen LogP contribution < -0.4 is 59.1 Å². The van der Waals surface area contributed by atoms with Crippen molar-refractivity contribution in [3.05, 3.63) is 0 Å². The Morgan fingerprint density at radius 3 is 1.05 bits per heavy atom. The van der Waals surface area contributed by atoms with E-state index in [1.54, 1.807) is 0 Å². The van der Waals surface area contributed by atoms with Gasteiger partial charge in [-0.1, -0.05) is 0 Å². The Morgan fingerprint density at radius 2 is 1.00 bits per heavy atom. The molecule has 0 radical (unpaired) electrons. The predicted octanol–water partition coefficient (Wildman–Crippen LogP) is -7.73. The first-order valence-corrected chi connectivity index (χ1v) is 8.49. The molecule has 0 saturated heterocycles. The maximum absolute atomic E-state index is 9.83. The summed E-state index contributed by atoms with van der Waals surface area (Å²) in [7, 11) is -8.64. The van der Waals surface area contributed by atoms with Crippen molar-refractivity contribution in [2.75, 3.05) is 23.3 Å².